The van der Waals surface area contributed by atoms with E-state index in [0.29, 0.717) is 11.4 Å². The zero-order chi connectivity index (χ0) is 14.0. The number of rotatable bonds is 2. The highest BCUT2D eigenvalue weighted by Crippen LogP contribution is 2.32. The predicted octanol–water partition coefficient (Wildman–Crippen LogP) is 4.45. The summed E-state index contributed by atoms with van der Waals surface area (Å²) in [5, 5.41) is 3.22. The summed E-state index contributed by atoms with van der Waals surface area (Å²) < 4.78 is 13.3. The summed E-state index contributed by atoms with van der Waals surface area (Å²) in [5.74, 6) is -0.301. The smallest absolute Gasteiger partial charge is 0.125 e. The lowest BCUT2D eigenvalue weighted by atomic mass is 9.86. The summed E-state index contributed by atoms with van der Waals surface area (Å²) in [5.41, 5.74) is 9.12. The quantitative estimate of drug-likeness (QED) is 0.781. The van der Waals surface area contributed by atoms with Crippen molar-refractivity contribution in [3.63, 3.8) is 0 Å². The van der Waals surface area contributed by atoms with Crippen LogP contribution < -0.4 is 11.1 Å². The Morgan fingerprint density at radius 3 is 2.37 bits per heavy atom. The van der Waals surface area contributed by atoms with Crippen LogP contribution in [0.25, 0.3) is 0 Å². The van der Waals surface area contributed by atoms with Crippen molar-refractivity contribution in [3.05, 3.63) is 53.8 Å². The van der Waals surface area contributed by atoms with Gasteiger partial charge in [-0.1, -0.05) is 39.0 Å². The van der Waals surface area contributed by atoms with E-state index in [0.717, 1.165) is 5.69 Å². The van der Waals surface area contributed by atoms with Crippen molar-refractivity contribution in [2.75, 3.05) is 11.1 Å². The topological polar surface area (TPSA) is 38.0 Å². The highest BCUT2D eigenvalue weighted by molar-refractivity contribution is 5.74. The number of anilines is 3. The van der Waals surface area contributed by atoms with Crippen LogP contribution in [0.2, 0.25) is 0 Å². The zero-order valence-electron chi connectivity index (χ0n) is 11.5. The molecule has 0 unspecified atom stereocenters. The molecule has 2 rings (SSSR count). The first-order valence-corrected chi connectivity index (χ1v) is 6.29. The second-order valence-corrected chi connectivity index (χ2v) is 5.65. The van der Waals surface area contributed by atoms with Gasteiger partial charge in [0.1, 0.15) is 5.82 Å². The molecule has 2 nitrogen and oxygen atoms in total. The number of para-hydroxylation sites is 1. The van der Waals surface area contributed by atoms with E-state index < -0.39 is 0 Å². The fourth-order valence-electron chi connectivity index (χ4n) is 2.03. The third kappa shape index (κ3) is 3.05. The predicted molar refractivity (Wildman–Crippen MR) is 79.2 cm³/mol. The molecule has 0 aliphatic carbocycles. The molecule has 2 aromatic rings. The average Bonchev–Trinajstić information content (AvgIpc) is 2.33. The molecule has 2 aromatic carbocycles. The lowest BCUT2D eigenvalue weighted by Gasteiger charge is -2.23. The van der Waals surface area contributed by atoms with Crippen molar-refractivity contribution in [1.29, 1.82) is 0 Å². The molecule has 0 saturated carbocycles. The van der Waals surface area contributed by atoms with Gasteiger partial charge in [0.05, 0.1) is 11.4 Å². The van der Waals surface area contributed by atoms with Gasteiger partial charge in [-0.05, 0) is 35.2 Å². The molecule has 0 saturated heterocycles. The largest absolute Gasteiger partial charge is 0.397 e. The number of hydrogen-bond acceptors (Lipinski definition) is 2. The number of nitrogen functional groups attached to an aromatic ring is 1. The second kappa shape index (κ2) is 4.92. The van der Waals surface area contributed by atoms with Crippen LogP contribution in [0.15, 0.2) is 42.5 Å². The summed E-state index contributed by atoms with van der Waals surface area (Å²) in [4.78, 5) is 0. The SMILES string of the molecule is CC(C)(C)c1ccccc1Nc1cc(F)ccc1N. The summed E-state index contributed by atoms with van der Waals surface area (Å²) >= 11 is 0. The zero-order valence-corrected chi connectivity index (χ0v) is 11.5. The maximum Gasteiger partial charge on any atom is 0.125 e. The van der Waals surface area contributed by atoms with Crippen molar-refractivity contribution in [2.45, 2.75) is 26.2 Å². The van der Waals surface area contributed by atoms with Crippen LogP contribution in [0, 0.1) is 5.82 Å². The van der Waals surface area contributed by atoms with E-state index >= 15 is 0 Å². The van der Waals surface area contributed by atoms with Crippen LogP contribution >= 0.6 is 0 Å². The minimum Gasteiger partial charge on any atom is -0.397 e. The molecule has 100 valence electrons. The van der Waals surface area contributed by atoms with Gasteiger partial charge in [-0.3, -0.25) is 0 Å². The van der Waals surface area contributed by atoms with Gasteiger partial charge < -0.3 is 11.1 Å². The monoisotopic (exact) mass is 258 g/mol. The minimum absolute atomic E-state index is 0.00564. The molecule has 0 aromatic heterocycles. The third-order valence-electron chi connectivity index (χ3n) is 3.02. The van der Waals surface area contributed by atoms with Crippen molar-refractivity contribution in [1.82, 2.24) is 0 Å². The lowest BCUT2D eigenvalue weighted by molar-refractivity contribution is 0.592. The van der Waals surface area contributed by atoms with Gasteiger partial charge in [0.2, 0.25) is 0 Å². The van der Waals surface area contributed by atoms with E-state index in [9.17, 15) is 4.39 Å². The molecule has 0 atom stereocenters. The van der Waals surface area contributed by atoms with E-state index in [1.807, 2.05) is 18.2 Å². The average molecular weight is 258 g/mol. The Labute approximate surface area is 113 Å². The number of nitrogens with two attached hydrogens (primary N) is 1. The Morgan fingerprint density at radius 1 is 1.00 bits per heavy atom. The van der Waals surface area contributed by atoms with Crippen molar-refractivity contribution in [2.24, 2.45) is 0 Å². The highest BCUT2D eigenvalue weighted by atomic mass is 19.1. The van der Waals surface area contributed by atoms with Gasteiger partial charge in [0.25, 0.3) is 0 Å². The van der Waals surface area contributed by atoms with Gasteiger partial charge in [-0.2, -0.15) is 0 Å². The van der Waals surface area contributed by atoms with Crippen LogP contribution in [-0.2, 0) is 5.41 Å². The Balaban J connectivity index is 2.41. The Kier molecular flexibility index (Phi) is 3.47. The molecular weight excluding hydrogens is 239 g/mol. The van der Waals surface area contributed by atoms with Crippen molar-refractivity contribution in [3.8, 4) is 0 Å². The maximum absolute atomic E-state index is 13.3. The number of nitrogens with one attached hydrogen (secondary N) is 1. The molecular formula is C16H19FN2. The highest BCUT2D eigenvalue weighted by Gasteiger charge is 2.17. The Morgan fingerprint density at radius 2 is 1.68 bits per heavy atom. The molecule has 3 heteroatoms. The molecule has 0 bridgehead atoms. The molecule has 0 heterocycles. The lowest BCUT2D eigenvalue weighted by Crippen LogP contribution is -2.13. The second-order valence-electron chi connectivity index (χ2n) is 5.65. The summed E-state index contributed by atoms with van der Waals surface area (Å²) in [6, 6.07) is 12.3. The standard InChI is InChI=1S/C16H19FN2/c1-16(2,3)12-6-4-5-7-14(12)19-15-10-11(17)8-9-13(15)18/h4-10,19H,18H2,1-3H3. The Bertz CT molecular complexity index is 586. The molecule has 0 aliphatic heterocycles. The minimum atomic E-state index is -0.301. The third-order valence-corrected chi connectivity index (χ3v) is 3.02. The number of halogens is 1. The van der Waals surface area contributed by atoms with Gasteiger partial charge in [0, 0.05) is 5.69 Å². The van der Waals surface area contributed by atoms with Crippen LogP contribution in [0.1, 0.15) is 26.3 Å². The first-order chi connectivity index (χ1) is 8.88. The molecule has 0 aliphatic rings. The summed E-state index contributed by atoms with van der Waals surface area (Å²) in [6.07, 6.45) is 0. The molecule has 19 heavy (non-hydrogen) atoms. The van der Waals surface area contributed by atoms with Crippen LogP contribution in [-0.4, -0.2) is 0 Å². The van der Waals surface area contributed by atoms with Crippen molar-refractivity contribution >= 4 is 17.1 Å². The van der Waals surface area contributed by atoms with Gasteiger partial charge in [0.15, 0.2) is 0 Å². The first kappa shape index (κ1) is 13.4. The molecule has 0 spiro atoms. The van der Waals surface area contributed by atoms with Crippen LogP contribution in [0.4, 0.5) is 21.5 Å². The maximum atomic E-state index is 13.3. The van der Waals surface area contributed by atoms with E-state index in [-0.39, 0.29) is 11.2 Å². The molecule has 3 N–H and O–H groups in total. The molecule has 0 radical (unpaired) electrons. The van der Waals surface area contributed by atoms with Gasteiger partial charge in [-0.15, -0.1) is 0 Å². The van der Waals surface area contributed by atoms with E-state index in [1.165, 1.54) is 17.7 Å². The van der Waals surface area contributed by atoms with E-state index in [2.05, 4.69) is 32.2 Å². The summed E-state index contributed by atoms with van der Waals surface area (Å²) in [6.45, 7) is 6.42. The number of benzene rings is 2. The van der Waals surface area contributed by atoms with Crippen LogP contribution in [0.3, 0.4) is 0 Å². The fraction of sp³-hybridized carbons (Fsp3) is 0.250. The molecule has 0 amide bonds. The first-order valence-electron chi connectivity index (χ1n) is 6.29. The van der Waals surface area contributed by atoms with E-state index in [4.69, 9.17) is 5.73 Å². The fourth-order valence-corrected chi connectivity index (χ4v) is 2.03. The molecule has 0 fully saturated rings. The van der Waals surface area contributed by atoms with Crippen LogP contribution in [0.5, 0.6) is 0 Å². The Hall–Kier alpha value is -2.03. The van der Waals surface area contributed by atoms with E-state index in [1.54, 1.807) is 6.07 Å². The van der Waals surface area contributed by atoms with Gasteiger partial charge >= 0.3 is 0 Å². The van der Waals surface area contributed by atoms with Gasteiger partial charge in [-0.25, -0.2) is 4.39 Å². The normalized spacial score (nSPS) is 11.4. The van der Waals surface area contributed by atoms with Crippen molar-refractivity contribution < 1.29 is 4.39 Å². The summed E-state index contributed by atoms with van der Waals surface area (Å²) in [7, 11) is 0. The number of hydrogen-bond donors (Lipinski definition) is 2.